The lowest BCUT2D eigenvalue weighted by atomic mass is 10.4. The molecule has 4 nitrogen and oxygen atoms in total. The lowest BCUT2D eigenvalue weighted by molar-refractivity contribution is 0.574. The average molecular weight is 194 g/mol. The molecule has 1 radical (unpaired) electrons. The van der Waals surface area contributed by atoms with Crippen molar-refractivity contribution in [3.05, 3.63) is 29.7 Å². The topological polar surface area (TPSA) is 46.8 Å². The van der Waals surface area contributed by atoms with Gasteiger partial charge in [-0.15, -0.1) is 0 Å². The van der Waals surface area contributed by atoms with E-state index in [1.807, 2.05) is 25.6 Å². The summed E-state index contributed by atoms with van der Waals surface area (Å²) in [4.78, 5) is 0. The van der Waals surface area contributed by atoms with Gasteiger partial charge in [-0.1, -0.05) is 0 Å². The lowest BCUT2D eigenvalue weighted by Crippen LogP contribution is -1.94. The predicted octanol–water partition coefficient (Wildman–Crippen LogP) is 2.23. The van der Waals surface area contributed by atoms with E-state index < -0.39 is 0 Å². The van der Waals surface area contributed by atoms with Gasteiger partial charge in [0, 0.05) is 0 Å². The van der Waals surface area contributed by atoms with E-state index in [9.17, 15) is 0 Å². The highest BCUT2D eigenvalue weighted by Gasteiger charge is 2.08. The molecule has 1 N–H and O–H groups in total. The van der Waals surface area contributed by atoms with Gasteiger partial charge in [0.05, 0.1) is 12.8 Å². The van der Waals surface area contributed by atoms with Crippen LogP contribution in [-0.4, -0.2) is 14.8 Å². The van der Waals surface area contributed by atoms with Crippen LogP contribution >= 0.6 is 12.2 Å². The molecule has 2 aromatic heterocycles. The Morgan fingerprint density at radius 1 is 1.69 bits per heavy atom. The Labute approximate surface area is 80.2 Å². The third-order valence-electron chi connectivity index (χ3n) is 1.70. The molecule has 0 fully saturated rings. The fourth-order valence-electron chi connectivity index (χ4n) is 1.12. The highest BCUT2D eigenvalue weighted by atomic mass is 32.1. The highest BCUT2D eigenvalue weighted by Crippen LogP contribution is 2.17. The van der Waals surface area contributed by atoms with Gasteiger partial charge >= 0.3 is 0 Å². The summed E-state index contributed by atoms with van der Waals surface area (Å²) in [7, 11) is 0. The molecule has 0 aliphatic carbocycles. The van der Waals surface area contributed by atoms with Gasteiger partial charge in [-0.25, -0.2) is 0 Å². The van der Waals surface area contributed by atoms with E-state index in [2.05, 4.69) is 10.2 Å². The first-order valence-electron chi connectivity index (χ1n) is 3.83. The Balaban J connectivity index is 2.58. The number of nitrogens with one attached hydrogen (secondary N) is 1. The predicted molar refractivity (Wildman–Crippen MR) is 50.5 cm³/mol. The van der Waals surface area contributed by atoms with Gasteiger partial charge in [0.25, 0.3) is 0 Å². The van der Waals surface area contributed by atoms with Crippen molar-refractivity contribution in [1.82, 2.24) is 14.8 Å². The molecule has 2 rings (SSSR count). The van der Waals surface area contributed by atoms with Gasteiger partial charge in [-0.3, -0.25) is 9.67 Å². The molecule has 0 aliphatic rings. The summed E-state index contributed by atoms with van der Waals surface area (Å²) in [5.41, 5.74) is 0. The SMILES string of the molecule is C[CH]n1c(-c2ccco2)n[nH]c1=S. The standard InChI is InChI=1S/C8H8N3OS/c1-2-11-7(9-10-8(11)13)6-4-3-5-12-6/h2-5H,1H3,(H,10,13). The Hall–Kier alpha value is -1.36. The quantitative estimate of drug-likeness (QED) is 0.746. The second-order valence-corrected chi connectivity index (χ2v) is 2.84. The van der Waals surface area contributed by atoms with Crippen LogP contribution in [0.4, 0.5) is 0 Å². The van der Waals surface area contributed by atoms with Crippen molar-refractivity contribution >= 4 is 12.2 Å². The molecule has 0 aromatic carbocycles. The van der Waals surface area contributed by atoms with Crippen LogP contribution in [0.25, 0.3) is 11.6 Å². The van der Waals surface area contributed by atoms with Crippen molar-refractivity contribution in [2.45, 2.75) is 6.92 Å². The molecule has 0 amide bonds. The van der Waals surface area contributed by atoms with Crippen molar-refractivity contribution in [1.29, 1.82) is 0 Å². The molecule has 5 heteroatoms. The monoisotopic (exact) mass is 194 g/mol. The number of nitrogens with zero attached hydrogens (tertiary/aromatic N) is 2. The van der Waals surface area contributed by atoms with Crippen molar-refractivity contribution in [2.75, 3.05) is 0 Å². The van der Waals surface area contributed by atoms with Crippen LogP contribution in [0.15, 0.2) is 22.8 Å². The molecule has 0 unspecified atom stereocenters. The number of rotatable bonds is 2. The summed E-state index contributed by atoms with van der Waals surface area (Å²) in [6, 6.07) is 3.65. The minimum absolute atomic E-state index is 0.564. The molecule has 0 aliphatic heterocycles. The van der Waals surface area contributed by atoms with Crippen molar-refractivity contribution in [3.63, 3.8) is 0 Å². The molecule has 2 aromatic rings. The second kappa shape index (κ2) is 3.18. The number of hydrogen-bond donors (Lipinski definition) is 1. The first kappa shape index (κ1) is 8.25. The summed E-state index contributed by atoms with van der Waals surface area (Å²) in [6.07, 6.45) is 1.60. The highest BCUT2D eigenvalue weighted by molar-refractivity contribution is 7.71. The fourth-order valence-corrected chi connectivity index (χ4v) is 1.36. The van der Waals surface area contributed by atoms with E-state index in [-0.39, 0.29) is 0 Å². The van der Waals surface area contributed by atoms with Crippen LogP contribution in [0.3, 0.4) is 0 Å². The zero-order valence-corrected chi connectivity index (χ0v) is 7.84. The molecule has 67 valence electrons. The van der Waals surface area contributed by atoms with Crippen molar-refractivity contribution in [2.24, 2.45) is 0 Å². The number of aromatic nitrogens is 3. The Morgan fingerprint density at radius 3 is 3.15 bits per heavy atom. The van der Waals surface area contributed by atoms with Gasteiger partial charge in [-0.2, -0.15) is 5.10 Å². The van der Waals surface area contributed by atoms with Crippen LogP contribution in [-0.2, 0) is 0 Å². The Morgan fingerprint density at radius 2 is 2.54 bits per heavy atom. The molecule has 13 heavy (non-hydrogen) atoms. The van der Waals surface area contributed by atoms with Gasteiger partial charge in [0.2, 0.25) is 0 Å². The second-order valence-electron chi connectivity index (χ2n) is 2.46. The van der Waals surface area contributed by atoms with Crippen molar-refractivity contribution < 1.29 is 4.42 Å². The van der Waals surface area contributed by atoms with Crippen LogP contribution in [0.5, 0.6) is 0 Å². The number of hydrogen-bond acceptors (Lipinski definition) is 3. The van der Waals surface area contributed by atoms with E-state index in [1.165, 1.54) is 0 Å². The van der Waals surface area contributed by atoms with E-state index in [4.69, 9.17) is 16.6 Å². The molecular weight excluding hydrogens is 186 g/mol. The van der Waals surface area contributed by atoms with E-state index in [0.717, 1.165) is 0 Å². The average Bonchev–Trinajstić information content (AvgIpc) is 2.71. The van der Waals surface area contributed by atoms with Crippen LogP contribution in [0.1, 0.15) is 6.92 Å². The lowest BCUT2D eigenvalue weighted by Gasteiger charge is -1.97. The molecule has 0 atom stereocenters. The summed E-state index contributed by atoms with van der Waals surface area (Å²) in [6.45, 7) is 3.72. The van der Waals surface area contributed by atoms with Crippen LogP contribution in [0.2, 0.25) is 0 Å². The summed E-state index contributed by atoms with van der Waals surface area (Å²) in [5.74, 6) is 1.39. The fraction of sp³-hybridized carbons (Fsp3) is 0.125. The van der Waals surface area contributed by atoms with E-state index in [1.54, 1.807) is 10.8 Å². The third kappa shape index (κ3) is 1.31. The van der Waals surface area contributed by atoms with Crippen LogP contribution < -0.4 is 0 Å². The summed E-state index contributed by atoms with van der Waals surface area (Å²) >= 11 is 5.02. The molecule has 0 saturated carbocycles. The van der Waals surface area contributed by atoms with Crippen LogP contribution in [0, 0.1) is 11.3 Å². The summed E-state index contributed by atoms with van der Waals surface area (Å²) < 4.78 is 7.53. The van der Waals surface area contributed by atoms with Crippen molar-refractivity contribution in [3.8, 4) is 11.6 Å². The minimum atomic E-state index is 0.564. The van der Waals surface area contributed by atoms with Gasteiger partial charge < -0.3 is 4.42 Å². The normalized spacial score (nSPS) is 10.5. The molecule has 0 bridgehead atoms. The van der Waals surface area contributed by atoms with E-state index >= 15 is 0 Å². The maximum atomic E-state index is 5.21. The van der Waals surface area contributed by atoms with Gasteiger partial charge in [0.1, 0.15) is 0 Å². The third-order valence-corrected chi connectivity index (χ3v) is 1.99. The minimum Gasteiger partial charge on any atom is -0.461 e. The first-order valence-corrected chi connectivity index (χ1v) is 4.24. The molecule has 0 spiro atoms. The van der Waals surface area contributed by atoms with E-state index in [0.29, 0.717) is 16.4 Å². The summed E-state index contributed by atoms with van der Waals surface area (Å²) in [5, 5.41) is 6.75. The van der Waals surface area contributed by atoms with Gasteiger partial charge in [0.15, 0.2) is 16.4 Å². The number of furan rings is 1. The maximum Gasteiger partial charge on any atom is 0.198 e. The number of H-pyrrole nitrogens is 1. The Bertz CT molecular complexity index is 440. The molecular formula is C8H8N3OS. The smallest absolute Gasteiger partial charge is 0.198 e. The van der Waals surface area contributed by atoms with Gasteiger partial charge in [-0.05, 0) is 31.3 Å². The Kier molecular flexibility index (Phi) is 2.02. The zero-order chi connectivity index (χ0) is 9.26. The molecule has 0 saturated heterocycles. The number of aromatic amines is 1. The molecule has 2 heterocycles. The first-order chi connectivity index (χ1) is 6.33. The zero-order valence-electron chi connectivity index (χ0n) is 7.02. The largest absolute Gasteiger partial charge is 0.461 e. The maximum absolute atomic E-state index is 5.21.